The normalized spacial score (nSPS) is 17.1. The number of amides is 1. The van der Waals surface area contributed by atoms with Gasteiger partial charge in [-0.25, -0.2) is 9.97 Å². The number of likely N-dealkylation sites (tertiary alicyclic amines) is 1. The summed E-state index contributed by atoms with van der Waals surface area (Å²) in [7, 11) is 1.71. The quantitative estimate of drug-likeness (QED) is 0.686. The number of aryl methyl sites for hydroxylation is 1. The summed E-state index contributed by atoms with van der Waals surface area (Å²) in [6.07, 6.45) is 6.64. The fourth-order valence-electron chi connectivity index (χ4n) is 3.97. The highest BCUT2D eigenvalue weighted by Crippen LogP contribution is 2.20. The van der Waals surface area contributed by atoms with Crippen molar-refractivity contribution in [3.63, 3.8) is 0 Å². The number of carbonyl (C=O) groups excluding carboxylic acids is 1. The first-order valence-corrected chi connectivity index (χ1v) is 10.5. The largest absolute Gasteiger partial charge is 0.497 e. The monoisotopic (exact) mass is 396 g/mol. The summed E-state index contributed by atoms with van der Waals surface area (Å²) in [5.41, 5.74) is 1.87. The van der Waals surface area contributed by atoms with Gasteiger partial charge in [0, 0.05) is 38.6 Å². The van der Waals surface area contributed by atoms with Gasteiger partial charge in [0.05, 0.1) is 12.7 Å². The van der Waals surface area contributed by atoms with Gasteiger partial charge >= 0.3 is 0 Å². The molecule has 0 saturated carbocycles. The Hall–Kier alpha value is -2.47. The third-order valence-corrected chi connectivity index (χ3v) is 5.63. The minimum atomic E-state index is 0.0287. The first kappa shape index (κ1) is 21.2. The van der Waals surface area contributed by atoms with Gasteiger partial charge in [-0.05, 0) is 63.3 Å². The number of aromatic nitrogens is 2. The Balaban J connectivity index is 1.53. The number of nitrogens with zero attached hydrogens (tertiary/aromatic N) is 4. The maximum absolute atomic E-state index is 12.8. The lowest BCUT2D eigenvalue weighted by atomic mass is 9.96. The number of carbonyl (C=O) groups is 1. The summed E-state index contributed by atoms with van der Waals surface area (Å²) in [6, 6.07) is 8.30. The third kappa shape index (κ3) is 6.00. The third-order valence-electron chi connectivity index (χ3n) is 5.63. The lowest BCUT2D eigenvalue weighted by Gasteiger charge is -2.35. The summed E-state index contributed by atoms with van der Waals surface area (Å²) in [5.74, 6) is 2.13. The lowest BCUT2D eigenvalue weighted by Crippen LogP contribution is -2.43. The molecule has 1 aliphatic rings. The fraction of sp³-hybridized carbons (Fsp3) is 0.522. The number of methoxy groups -OCH3 is 1. The van der Waals surface area contributed by atoms with E-state index in [4.69, 9.17) is 4.74 Å². The molecule has 1 aliphatic heterocycles. The van der Waals surface area contributed by atoms with Crippen LogP contribution in [0.25, 0.3) is 0 Å². The Morgan fingerprint density at radius 1 is 1.31 bits per heavy atom. The maximum Gasteiger partial charge on any atom is 0.256 e. The molecule has 2 aromatic rings. The van der Waals surface area contributed by atoms with E-state index < -0.39 is 0 Å². The second kappa shape index (κ2) is 10.3. The van der Waals surface area contributed by atoms with Gasteiger partial charge in [0.15, 0.2) is 0 Å². The molecule has 0 bridgehead atoms. The van der Waals surface area contributed by atoms with Crippen LogP contribution in [0, 0.1) is 12.8 Å². The van der Waals surface area contributed by atoms with E-state index in [1.165, 1.54) is 18.4 Å². The average Bonchev–Trinajstić information content (AvgIpc) is 2.76. The average molecular weight is 397 g/mol. The first-order chi connectivity index (χ1) is 14.1. The van der Waals surface area contributed by atoms with Gasteiger partial charge in [-0.2, -0.15) is 0 Å². The van der Waals surface area contributed by atoms with E-state index in [9.17, 15) is 4.79 Å². The van der Waals surface area contributed by atoms with Crippen LogP contribution in [0.1, 0.15) is 41.5 Å². The molecule has 0 unspecified atom stereocenters. The number of hydrogen-bond acceptors (Lipinski definition) is 5. The van der Waals surface area contributed by atoms with Crippen molar-refractivity contribution in [2.45, 2.75) is 33.1 Å². The molecule has 0 N–H and O–H groups in total. The van der Waals surface area contributed by atoms with Gasteiger partial charge in [-0.15, -0.1) is 0 Å². The smallest absolute Gasteiger partial charge is 0.256 e. The van der Waals surface area contributed by atoms with Crippen molar-refractivity contribution in [3.05, 3.63) is 53.6 Å². The summed E-state index contributed by atoms with van der Waals surface area (Å²) in [6.45, 7) is 8.57. The highest BCUT2D eigenvalue weighted by molar-refractivity contribution is 5.93. The molecular formula is C23H32N4O2. The predicted octanol–water partition coefficient (Wildman–Crippen LogP) is 3.21. The van der Waals surface area contributed by atoms with E-state index in [0.29, 0.717) is 23.9 Å². The van der Waals surface area contributed by atoms with E-state index in [1.807, 2.05) is 30.9 Å². The summed E-state index contributed by atoms with van der Waals surface area (Å²) in [5, 5.41) is 0. The Morgan fingerprint density at radius 3 is 2.83 bits per heavy atom. The molecule has 2 heterocycles. The van der Waals surface area contributed by atoms with Gasteiger partial charge in [0.2, 0.25) is 0 Å². The molecule has 0 spiro atoms. The molecule has 1 amide bonds. The van der Waals surface area contributed by atoms with E-state index >= 15 is 0 Å². The first-order valence-electron chi connectivity index (χ1n) is 10.5. The number of benzene rings is 1. The fourth-order valence-corrected chi connectivity index (χ4v) is 3.97. The zero-order valence-electron chi connectivity index (χ0n) is 17.8. The Bertz CT molecular complexity index is 794. The van der Waals surface area contributed by atoms with Crippen molar-refractivity contribution in [2.24, 2.45) is 5.92 Å². The molecule has 1 saturated heterocycles. The zero-order valence-corrected chi connectivity index (χ0v) is 17.8. The van der Waals surface area contributed by atoms with Gasteiger partial charge in [-0.1, -0.05) is 12.1 Å². The van der Waals surface area contributed by atoms with Gasteiger partial charge in [0.25, 0.3) is 5.91 Å². The minimum Gasteiger partial charge on any atom is -0.497 e. The number of ether oxygens (including phenoxy) is 1. The molecule has 0 aliphatic carbocycles. The number of piperidine rings is 1. The van der Waals surface area contributed by atoms with E-state index in [2.05, 4.69) is 27.0 Å². The second-order valence-corrected chi connectivity index (χ2v) is 7.77. The van der Waals surface area contributed by atoms with Crippen molar-refractivity contribution in [3.8, 4) is 5.75 Å². The molecule has 1 fully saturated rings. The van der Waals surface area contributed by atoms with Gasteiger partial charge in [-0.3, -0.25) is 4.79 Å². The van der Waals surface area contributed by atoms with Crippen molar-refractivity contribution in [2.75, 3.05) is 39.8 Å². The van der Waals surface area contributed by atoms with Crippen molar-refractivity contribution in [1.29, 1.82) is 0 Å². The molecular weight excluding hydrogens is 364 g/mol. The Morgan fingerprint density at radius 2 is 2.10 bits per heavy atom. The number of rotatable bonds is 8. The molecule has 6 nitrogen and oxygen atoms in total. The zero-order chi connectivity index (χ0) is 20.6. The van der Waals surface area contributed by atoms with Crippen LogP contribution in [-0.2, 0) is 6.42 Å². The predicted molar refractivity (Wildman–Crippen MR) is 114 cm³/mol. The van der Waals surface area contributed by atoms with Crippen LogP contribution in [0.4, 0.5) is 0 Å². The van der Waals surface area contributed by atoms with Gasteiger partial charge in [0.1, 0.15) is 11.6 Å². The summed E-state index contributed by atoms with van der Waals surface area (Å²) >= 11 is 0. The Kier molecular flexibility index (Phi) is 7.58. The van der Waals surface area contributed by atoms with Crippen LogP contribution < -0.4 is 4.74 Å². The SMILES string of the molecule is CCN(C[C@H]1CCCN(CCc2cccc(OC)c2)C1)C(=O)c1cnc(C)nc1. The maximum atomic E-state index is 12.8. The highest BCUT2D eigenvalue weighted by atomic mass is 16.5. The van der Waals surface area contributed by atoms with Crippen LogP contribution in [0.3, 0.4) is 0 Å². The minimum absolute atomic E-state index is 0.0287. The topological polar surface area (TPSA) is 58.6 Å². The van der Waals surface area contributed by atoms with Crippen molar-refractivity contribution >= 4 is 5.91 Å². The summed E-state index contributed by atoms with van der Waals surface area (Å²) in [4.78, 5) is 25.6. The number of hydrogen-bond donors (Lipinski definition) is 0. The van der Waals surface area contributed by atoms with Crippen LogP contribution in [0.15, 0.2) is 36.7 Å². The molecule has 1 aromatic heterocycles. The molecule has 1 aromatic carbocycles. The van der Waals surface area contributed by atoms with Crippen LogP contribution in [0.2, 0.25) is 0 Å². The molecule has 6 heteroatoms. The van der Waals surface area contributed by atoms with Crippen LogP contribution in [-0.4, -0.2) is 65.5 Å². The Labute approximate surface area is 173 Å². The van der Waals surface area contributed by atoms with Gasteiger partial charge < -0.3 is 14.5 Å². The van der Waals surface area contributed by atoms with Crippen molar-refractivity contribution in [1.82, 2.24) is 19.8 Å². The molecule has 3 rings (SSSR count). The molecule has 156 valence electrons. The standard InChI is InChI=1S/C23H32N4O2/c1-4-27(23(28)21-14-24-18(2)25-15-21)17-20-8-6-11-26(16-20)12-10-19-7-5-9-22(13-19)29-3/h5,7,9,13-15,20H,4,6,8,10-12,16-17H2,1-3H3/t20-/m0/s1. The van der Waals surface area contributed by atoms with E-state index in [0.717, 1.165) is 38.3 Å². The second-order valence-electron chi connectivity index (χ2n) is 7.77. The van der Waals surface area contributed by atoms with E-state index in [1.54, 1.807) is 19.5 Å². The van der Waals surface area contributed by atoms with Crippen LogP contribution >= 0.6 is 0 Å². The van der Waals surface area contributed by atoms with E-state index in [-0.39, 0.29) is 5.91 Å². The lowest BCUT2D eigenvalue weighted by molar-refractivity contribution is 0.0690. The molecule has 1 atom stereocenters. The van der Waals surface area contributed by atoms with Crippen LogP contribution in [0.5, 0.6) is 5.75 Å². The highest BCUT2D eigenvalue weighted by Gasteiger charge is 2.24. The summed E-state index contributed by atoms with van der Waals surface area (Å²) < 4.78 is 5.33. The van der Waals surface area contributed by atoms with Crippen molar-refractivity contribution < 1.29 is 9.53 Å². The molecule has 29 heavy (non-hydrogen) atoms. The molecule has 0 radical (unpaired) electrons.